The SMILES string of the molecule is O=C(O)[C@H](Cc1ccccc1)N=CCc1ccc(O)cc1O.[H-].[Na+]. The molecule has 116 valence electrons. The predicted molar refractivity (Wildman–Crippen MR) is 84.6 cm³/mol. The molecule has 0 aliphatic heterocycles. The molecule has 0 heterocycles. The summed E-state index contributed by atoms with van der Waals surface area (Å²) in [5.41, 5.74) is 1.48. The van der Waals surface area contributed by atoms with E-state index >= 15 is 0 Å². The molecule has 23 heavy (non-hydrogen) atoms. The maximum absolute atomic E-state index is 11.3. The van der Waals surface area contributed by atoms with Gasteiger partial charge in [0.15, 0.2) is 6.04 Å². The van der Waals surface area contributed by atoms with Gasteiger partial charge in [-0.15, -0.1) is 0 Å². The van der Waals surface area contributed by atoms with Gasteiger partial charge in [0.05, 0.1) is 0 Å². The molecule has 0 radical (unpaired) electrons. The molecular weight excluding hydrogens is 305 g/mol. The second-order valence-corrected chi connectivity index (χ2v) is 4.89. The molecule has 0 amide bonds. The van der Waals surface area contributed by atoms with Crippen molar-refractivity contribution < 1.29 is 51.1 Å². The number of benzene rings is 2. The fourth-order valence-electron chi connectivity index (χ4n) is 2.04. The van der Waals surface area contributed by atoms with Crippen LogP contribution in [0, 0.1) is 0 Å². The van der Waals surface area contributed by atoms with Gasteiger partial charge in [-0.25, -0.2) is 4.79 Å². The van der Waals surface area contributed by atoms with Gasteiger partial charge in [0.2, 0.25) is 0 Å². The number of aliphatic imine (C=N–C) groups is 1. The van der Waals surface area contributed by atoms with E-state index in [9.17, 15) is 20.1 Å². The zero-order valence-corrected chi connectivity index (χ0v) is 14.9. The summed E-state index contributed by atoms with van der Waals surface area (Å²) >= 11 is 0. The number of aliphatic carboxylic acids is 1. The van der Waals surface area contributed by atoms with Crippen molar-refractivity contribution in [3.8, 4) is 11.5 Å². The Hall–Kier alpha value is -1.82. The molecule has 0 aliphatic carbocycles. The third-order valence-electron chi connectivity index (χ3n) is 3.22. The number of phenolic OH excluding ortho intramolecular Hbond substituents is 2. The van der Waals surface area contributed by atoms with Gasteiger partial charge in [-0.1, -0.05) is 36.4 Å². The molecule has 0 saturated carbocycles. The number of carbonyl (C=O) groups is 1. The smallest absolute Gasteiger partial charge is 1.00 e. The van der Waals surface area contributed by atoms with Crippen LogP contribution in [0.4, 0.5) is 0 Å². The molecule has 0 spiro atoms. The van der Waals surface area contributed by atoms with Gasteiger partial charge in [-0.05, 0) is 17.2 Å². The molecule has 1 atom stereocenters. The fourth-order valence-corrected chi connectivity index (χ4v) is 2.04. The van der Waals surface area contributed by atoms with Crippen molar-refractivity contribution in [3.05, 3.63) is 59.7 Å². The van der Waals surface area contributed by atoms with E-state index < -0.39 is 12.0 Å². The van der Waals surface area contributed by atoms with Crippen molar-refractivity contribution in [1.29, 1.82) is 0 Å². The number of hydrogen-bond donors (Lipinski definition) is 3. The molecule has 2 rings (SSSR count). The summed E-state index contributed by atoms with van der Waals surface area (Å²) in [6, 6.07) is 12.7. The van der Waals surface area contributed by atoms with Crippen molar-refractivity contribution in [2.24, 2.45) is 4.99 Å². The van der Waals surface area contributed by atoms with E-state index in [-0.39, 0.29) is 42.5 Å². The van der Waals surface area contributed by atoms with Gasteiger partial charge in [-0.3, -0.25) is 4.99 Å². The predicted octanol–water partition coefficient (Wildman–Crippen LogP) is -0.477. The maximum Gasteiger partial charge on any atom is 1.00 e. The van der Waals surface area contributed by atoms with Crippen molar-refractivity contribution in [1.82, 2.24) is 0 Å². The molecule has 6 heteroatoms. The Labute approximate surface area is 158 Å². The average molecular weight is 323 g/mol. The molecule has 2 aromatic carbocycles. The Morgan fingerprint density at radius 3 is 2.48 bits per heavy atom. The Bertz CT molecular complexity index is 680. The minimum atomic E-state index is -0.991. The van der Waals surface area contributed by atoms with E-state index in [4.69, 9.17) is 0 Å². The second kappa shape index (κ2) is 9.35. The zero-order chi connectivity index (χ0) is 15.9. The first-order chi connectivity index (χ1) is 10.6. The first-order valence-corrected chi connectivity index (χ1v) is 6.85. The van der Waals surface area contributed by atoms with Crippen LogP contribution in [0.2, 0.25) is 0 Å². The van der Waals surface area contributed by atoms with Crippen molar-refractivity contribution in [3.63, 3.8) is 0 Å². The largest absolute Gasteiger partial charge is 1.00 e. The summed E-state index contributed by atoms with van der Waals surface area (Å²) in [6.07, 6.45) is 2.09. The summed E-state index contributed by atoms with van der Waals surface area (Å²) in [5, 5.41) is 28.1. The first-order valence-electron chi connectivity index (χ1n) is 6.85. The Kier molecular flexibility index (Phi) is 7.81. The number of carboxylic acid groups (broad SMARTS) is 1. The third-order valence-corrected chi connectivity index (χ3v) is 3.22. The van der Waals surface area contributed by atoms with E-state index in [1.165, 1.54) is 18.3 Å². The standard InChI is InChI=1S/C17H17NO4.Na.H/c19-14-7-6-13(16(20)11-14)8-9-18-15(17(21)22)10-12-4-2-1-3-5-12;;/h1-7,9,11,15,19-20H,8,10H2,(H,21,22);;/q;+1;-1/t15-;;/m0../s1. The van der Waals surface area contributed by atoms with Gasteiger partial charge in [0.25, 0.3) is 0 Å². The minimum Gasteiger partial charge on any atom is -1.00 e. The number of phenols is 2. The van der Waals surface area contributed by atoms with Crippen molar-refractivity contribution >= 4 is 12.2 Å². The molecular formula is C17H18NNaO4. The van der Waals surface area contributed by atoms with E-state index in [1.54, 1.807) is 6.07 Å². The quantitative estimate of drug-likeness (QED) is 0.495. The van der Waals surface area contributed by atoms with Crippen LogP contribution in [0.5, 0.6) is 11.5 Å². The van der Waals surface area contributed by atoms with E-state index in [0.29, 0.717) is 18.4 Å². The van der Waals surface area contributed by atoms with Crippen LogP contribution < -0.4 is 29.6 Å². The van der Waals surface area contributed by atoms with Crippen LogP contribution in [0.15, 0.2) is 53.5 Å². The van der Waals surface area contributed by atoms with Gasteiger partial charge in [0, 0.05) is 25.1 Å². The zero-order valence-electron chi connectivity index (χ0n) is 13.9. The second-order valence-electron chi connectivity index (χ2n) is 4.89. The van der Waals surface area contributed by atoms with E-state index in [2.05, 4.69) is 4.99 Å². The van der Waals surface area contributed by atoms with Crippen LogP contribution in [0.25, 0.3) is 0 Å². The number of nitrogens with zero attached hydrogens (tertiary/aromatic N) is 1. The molecule has 0 fully saturated rings. The number of carboxylic acids is 1. The maximum atomic E-state index is 11.3. The van der Waals surface area contributed by atoms with Crippen LogP contribution >= 0.6 is 0 Å². The summed E-state index contributed by atoms with van der Waals surface area (Å²) in [7, 11) is 0. The molecule has 0 unspecified atom stereocenters. The Balaban J connectivity index is 0.00000264. The Morgan fingerprint density at radius 2 is 1.87 bits per heavy atom. The van der Waals surface area contributed by atoms with E-state index in [1.807, 2.05) is 30.3 Å². The van der Waals surface area contributed by atoms with Crippen LogP contribution in [0.1, 0.15) is 12.6 Å². The van der Waals surface area contributed by atoms with Crippen molar-refractivity contribution in [2.75, 3.05) is 0 Å². The first kappa shape index (κ1) is 19.2. The Morgan fingerprint density at radius 1 is 1.17 bits per heavy atom. The molecule has 2 aromatic rings. The molecule has 0 aromatic heterocycles. The molecule has 0 aliphatic rings. The molecule has 3 N–H and O–H groups in total. The number of aromatic hydroxyl groups is 2. The topological polar surface area (TPSA) is 90.1 Å². The van der Waals surface area contributed by atoms with Crippen LogP contribution in [0.3, 0.4) is 0 Å². The van der Waals surface area contributed by atoms with Gasteiger partial charge < -0.3 is 16.7 Å². The van der Waals surface area contributed by atoms with Crippen LogP contribution in [-0.4, -0.2) is 33.5 Å². The molecule has 0 bridgehead atoms. The summed E-state index contributed by atoms with van der Waals surface area (Å²) in [6.45, 7) is 0. The van der Waals surface area contributed by atoms with Gasteiger partial charge >= 0.3 is 35.5 Å². The van der Waals surface area contributed by atoms with Gasteiger partial charge in [0.1, 0.15) is 11.5 Å². The van der Waals surface area contributed by atoms with Crippen LogP contribution in [-0.2, 0) is 17.6 Å². The number of hydrogen-bond acceptors (Lipinski definition) is 4. The normalized spacial score (nSPS) is 11.8. The summed E-state index contributed by atoms with van der Waals surface area (Å²) in [5.74, 6) is -1.05. The minimum absolute atomic E-state index is 0. The van der Waals surface area contributed by atoms with Crippen molar-refractivity contribution in [2.45, 2.75) is 18.9 Å². The molecule has 5 nitrogen and oxygen atoms in total. The summed E-state index contributed by atoms with van der Waals surface area (Å²) < 4.78 is 0. The summed E-state index contributed by atoms with van der Waals surface area (Å²) in [4.78, 5) is 15.3. The fraction of sp³-hybridized carbons (Fsp3) is 0.176. The average Bonchev–Trinajstić information content (AvgIpc) is 2.49. The molecule has 0 saturated heterocycles. The van der Waals surface area contributed by atoms with E-state index in [0.717, 1.165) is 5.56 Å². The van der Waals surface area contributed by atoms with Gasteiger partial charge in [-0.2, -0.15) is 0 Å². The third kappa shape index (κ3) is 6.06. The monoisotopic (exact) mass is 323 g/mol. The number of rotatable bonds is 6.